The minimum Gasteiger partial charge on any atom is -0.493 e. The number of ether oxygens (including phenoxy) is 1. The summed E-state index contributed by atoms with van der Waals surface area (Å²) >= 11 is 0. The van der Waals surface area contributed by atoms with Crippen molar-refractivity contribution in [2.24, 2.45) is 22.8 Å². The fourth-order valence-electron chi connectivity index (χ4n) is 7.42. The van der Waals surface area contributed by atoms with E-state index in [4.69, 9.17) is 21.6 Å². The van der Waals surface area contributed by atoms with Crippen molar-refractivity contribution in [1.82, 2.24) is 31.5 Å². The number of amides is 6. The summed E-state index contributed by atoms with van der Waals surface area (Å²) in [6, 6.07) is 2.17. The van der Waals surface area contributed by atoms with Gasteiger partial charge in [-0.15, -0.1) is 0 Å². The molecule has 2 aliphatic heterocycles. The molecule has 1 saturated heterocycles. The van der Waals surface area contributed by atoms with E-state index in [0.29, 0.717) is 44.4 Å². The fourth-order valence-corrected chi connectivity index (χ4v) is 7.42. The van der Waals surface area contributed by atoms with E-state index in [9.17, 15) is 28.8 Å². The summed E-state index contributed by atoms with van der Waals surface area (Å²) in [4.78, 5) is 83.2. The van der Waals surface area contributed by atoms with Gasteiger partial charge in [-0.1, -0.05) is 64.3 Å². The lowest BCUT2D eigenvalue weighted by Crippen LogP contribution is -2.61. The number of nitrogens with zero attached hydrogens (tertiary/aromatic N) is 1. The van der Waals surface area contributed by atoms with Crippen molar-refractivity contribution in [2.75, 3.05) is 19.7 Å². The van der Waals surface area contributed by atoms with E-state index >= 15 is 0 Å². The Labute approximate surface area is 323 Å². The zero-order valence-electron chi connectivity index (χ0n) is 32.3. The third kappa shape index (κ3) is 12.7. The molecule has 0 spiro atoms. The zero-order chi connectivity index (χ0) is 40.1. The molecule has 55 heavy (non-hydrogen) atoms. The molecule has 0 radical (unpaired) electrons. The first kappa shape index (κ1) is 42.6. The molecule has 1 saturated carbocycles. The number of hydrogen-bond acceptors (Lipinski definition) is 8. The van der Waals surface area contributed by atoms with Gasteiger partial charge in [0.25, 0.3) is 0 Å². The van der Waals surface area contributed by atoms with E-state index in [1.54, 1.807) is 56.0 Å². The lowest BCUT2D eigenvalue weighted by molar-refractivity contribution is -0.140. The first-order valence-corrected chi connectivity index (χ1v) is 19.4. The van der Waals surface area contributed by atoms with Gasteiger partial charge in [0.2, 0.25) is 35.4 Å². The Morgan fingerprint density at radius 2 is 1.75 bits per heavy atom. The summed E-state index contributed by atoms with van der Waals surface area (Å²) in [6.07, 6.45) is 9.39. The van der Waals surface area contributed by atoms with Crippen molar-refractivity contribution in [3.05, 3.63) is 35.9 Å². The molecule has 1 aromatic rings. The van der Waals surface area contributed by atoms with Crippen LogP contribution < -0.4 is 42.8 Å². The van der Waals surface area contributed by atoms with Gasteiger partial charge in [0.05, 0.1) is 13.0 Å². The van der Waals surface area contributed by atoms with E-state index in [2.05, 4.69) is 26.6 Å². The molecule has 0 aromatic heterocycles. The second kappa shape index (κ2) is 20.0. The van der Waals surface area contributed by atoms with Crippen LogP contribution in [0.5, 0.6) is 5.75 Å². The van der Waals surface area contributed by atoms with Crippen LogP contribution in [0.15, 0.2) is 30.3 Å². The standard InChI is InChI=1S/C39H59N9O7/c1-39(2,3)32(33(40)50)47-35(52)28(17-9-20-43-38(41)42)44-34(51)27-16-8-12-24-11-7-15-26(23-24)55-22-19-30(49)48-21-10-18-29(48)36(53)46-31(37(54)45-27)25-13-5-4-6-14-25/h7-8,11-12,15,23,25,27-29,31-32H,4-6,9-10,13-14,16-22H2,1-3H3,(H2,40,50)(H,44,51)(H,45,54)(H,46,53)(H,47,52)(H4,41,42,43)/b12-8+/t27-,28-,29-,31-,32+/m0/s1. The smallest absolute Gasteiger partial charge is 0.243 e. The van der Waals surface area contributed by atoms with E-state index in [1.807, 2.05) is 6.07 Å². The highest BCUT2D eigenvalue weighted by Crippen LogP contribution is 2.28. The molecule has 6 amide bonds. The molecular weight excluding hydrogens is 706 g/mol. The van der Waals surface area contributed by atoms with Crippen molar-refractivity contribution in [3.63, 3.8) is 0 Å². The van der Waals surface area contributed by atoms with Crippen molar-refractivity contribution >= 4 is 47.5 Å². The predicted octanol–water partition coefficient (Wildman–Crippen LogP) is 1.18. The molecule has 1 aliphatic carbocycles. The van der Waals surface area contributed by atoms with Crippen LogP contribution in [0.25, 0.3) is 6.08 Å². The lowest BCUT2D eigenvalue weighted by atomic mass is 9.83. The molecular formula is C39H59N9O7. The number of nitrogens with one attached hydrogen (secondary N) is 6. The number of primary amides is 1. The summed E-state index contributed by atoms with van der Waals surface area (Å²) < 4.78 is 5.90. The Morgan fingerprint density at radius 3 is 2.44 bits per heavy atom. The monoisotopic (exact) mass is 765 g/mol. The van der Waals surface area contributed by atoms with Crippen molar-refractivity contribution in [1.29, 1.82) is 5.41 Å². The second-order valence-electron chi connectivity index (χ2n) is 15.8. The summed E-state index contributed by atoms with van der Waals surface area (Å²) in [6.45, 7) is 6.05. The number of fused-ring (bicyclic) bond motifs is 3. The third-order valence-electron chi connectivity index (χ3n) is 10.4. The van der Waals surface area contributed by atoms with Gasteiger partial charge in [-0.3, -0.25) is 34.2 Å². The molecule has 302 valence electrons. The highest BCUT2D eigenvalue weighted by atomic mass is 16.5. The van der Waals surface area contributed by atoms with Crippen LogP contribution in [0.3, 0.4) is 0 Å². The molecule has 2 fully saturated rings. The first-order valence-electron chi connectivity index (χ1n) is 19.4. The van der Waals surface area contributed by atoms with Crippen molar-refractivity contribution in [3.8, 4) is 5.75 Å². The van der Waals surface area contributed by atoms with Crippen LogP contribution in [-0.4, -0.2) is 96.2 Å². The van der Waals surface area contributed by atoms with Crippen LogP contribution >= 0.6 is 0 Å². The lowest BCUT2D eigenvalue weighted by Gasteiger charge is -2.33. The maximum Gasteiger partial charge on any atom is 0.243 e. The molecule has 1 aromatic carbocycles. The number of carbonyl (C=O) groups excluding carboxylic acids is 6. The van der Waals surface area contributed by atoms with E-state index in [-0.39, 0.29) is 50.2 Å². The molecule has 4 rings (SSSR count). The SMILES string of the molecule is CC(C)(C)[C@H](NC(=O)[C@H](CCCNC(=N)N)NC(=O)[C@@H]1C/C=C/c2cccc(c2)OCCC(=O)N2CCC[C@H]2C(=O)N[C@@H](C2CCCCC2)C(=O)N1)C(N)=O. The Balaban J connectivity index is 1.66. The minimum atomic E-state index is -1.17. The zero-order valence-corrected chi connectivity index (χ0v) is 32.3. The number of rotatable bonds is 10. The number of nitrogens with two attached hydrogens (primary N) is 2. The maximum absolute atomic E-state index is 14.3. The highest BCUT2D eigenvalue weighted by Gasteiger charge is 2.39. The second-order valence-corrected chi connectivity index (χ2v) is 15.8. The van der Waals surface area contributed by atoms with Crippen LogP contribution in [0.1, 0.15) is 97.0 Å². The average Bonchev–Trinajstić information content (AvgIpc) is 3.63. The molecule has 0 unspecified atom stereocenters. The molecule has 16 heteroatoms. The highest BCUT2D eigenvalue weighted by molar-refractivity contribution is 5.96. The molecule has 3 aliphatic rings. The van der Waals surface area contributed by atoms with Crippen LogP contribution in [0, 0.1) is 16.7 Å². The van der Waals surface area contributed by atoms with Gasteiger partial charge in [-0.25, -0.2) is 0 Å². The van der Waals surface area contributed by atoms with Gasteiger partial charge in [0.15, 0.2) is 5.96 Å². The molecule has 2 heterocycles. The van der Waals surface area contributed by atoms with Crippen molar-refractivity contribution < 1.29 is 33.5 Å². The maximum atomic E-state index is 14.3. The summed E-state index contributed by atoms with van der Waals surface area (Å²) in [5.74, 6) is -3.07. The van der Waals surface area contributed by atoms with Gasteiger partial charge in [0.1, 0.15) is 36.0 Å². The van der Waals surface area contributed by atoms with Gasteiger partial charge < -0.3 is 47.7 Å². The predicted molar refractivity (Wildman–Crippen MR) is 207 cm³/mol. The summed E-state index contributed by atoms with van der Waals surface area (Å²) in [5, 5.41) is 21.5. The number of guanidine groups is 1. The number of hydrogen-bond donors (Lipinski definition) is 8. The van der Waals surface area contributed by atoms with Crippen molar-refractivity contribution in [2.45, 2.75) is 122 Å². The Morgan fingerprint density at radius 1 is 1.00 bits per heavy atom. The number of carbonyl (C=O) groups is 6. The van der Waals surface area contributed by atoms with Gasteiger partial charge >= 0.3 is 0 Å². The Kier molecular flexibility index (Phi) is 15.5. The van der Waals surface area contributed by atoms with Crippen LogP contribution in [-0.2, 0) is 28.8 Å². The average molecular weight is 766 g/mol. The van der Waals surface area contributed by atoms with E-state index in [1.165, 1.54) is 0 Å². The van der Waals surface area contributed by atoms with E-state index in [0.717, 1.165) is 24.8 Å². The third-order valence-corrected chi connectivity index (χ3v) is 10.4. The molecule has 5 atom stereocenters. The summed E-state index contributed by atoms with van der Waals surface area (Å²) in [7, 11) is 0. The summed E-state index contributed by atoms with van der Waals surface area (Å²) in [5.41, 5.74) is 11.1. The first-order chi connectivity index (χ1) is 26.1. The van der Waals surface area contributed by atoms with Crippen LogP contribution in [0.4, 0.5) is 0 Å². The topological polar surface area (TPSA) is 251 Å². The molecule has 16 nitrogen and oxygen atoms in total. The normalized spacial score (nSPS) is 23.3. The number of benzene rings is 1. The van der Waals surface area contributed by atoms with E-state index < -0.39 is 65.2 Å². The van der Waals surface area contributed by atoms with Gasteiger partial charge in [-0.05, 0) is 74.0 Å². The quantitative estimate of drug-likeness (QED) is 0.0966. The fraction of sp³-hybridized carbons (Fsp3) is 0.615. The Bertz CT molecular complexity index is 1590. The van der Waals surface area contributed by atoms with Gasteiger partial charge in [-0.2, -0.15) is 0 Å². The van der Waals surface area contributed by atoms with Crippen LogP contribution in [0.2, 0.25) is 0 Å². The molecule has 10 N–H and O–H groups in total. The largest absolute Gasteiger partial charge is 0.493 e. The van der Waals surface area contributed by atoms with Gasteiger partial charge in [0, 0.05) is 13.1 Å². The minimum absolute atomic E-state index is 0.0328. The molecule has 2 bridgehead atoms. The Hall–Kier alpha value is -5.15.